The lowest BCUT2D eigenvalue weighted by Crippen LogP contribution is -2.39. The van der Waals surface area contributed by atoms with Gasteiger partial charge in [0.25, 0.3) is 0 Å². The highest BCUT2D eigenvalue weighted by Crippen LogP contribution is 2.50. The van der Waals surface area contributed by atoms with Crippen molar-refractivity contribution in [1.82, 2.24) is 5.32 Å². The van der Waals surface area contributed by atoms with E-state index in [4.69, 9.17) is 18.5 Å². The number of carbonyl (C=O) groups excluding carboxylic acids is 1. The highest BCUT2D eigenvalue weighted by Gasteiger charge is 2.28. The fourth-order valence-electron chi connectivity index (χ4n) is 2.72. The normalized spacial score (nSPS) is 12.4. The fraction of sp³-hybridized carbons (Fsp3) is 0.480. The molecule has 7 nitrogen and oxygen atoms in total. The smallest absolute Gasteiger partial charge is 0.407 e. The summed E-state index contributed by atoms with van der Waals surface area (Å²) in [4.78, 5) is 11.9. The molecule has 0 radical (unpaired) electrons. The van der Waals surface area contributed by atoms with Gasteiger partial charge in [0.2, 0.25) is 0 Å². The van der Waals surface area contributed by atoms with Gasteiger partial charge in [0.05, 0.1) is 19.8 Å². The number of amides is 1. The van der Waals surface area contributed by atoms with Crippen LogP contribution in [0, 0.1) is 5.41 Å². The van der Waals surface area contributed by atoms with Gasteiger partial charge >= 0.3 is 13.7 Å². The van der Waals surface area contributed by atoms with Crippen LogP contribution in [0.15, 0.2) is 60.7 Å². The Morgan fingerprint density at radius 2 is 1.33 bits per heavy atom. The van der Waals surface area contributed by atoms with Crippen LogP contribution in [0.5, 0.6) is 0 Å². The summed E-state index contributed by atoms with van der Waals surface area (Å²) in [5.74, 6) is 0. The molecular formula is C25H36NO6P. The van der Waals surface area contributed by atoms with Crippen LogP contribution in [0.25, 0.3) is 0 Å². The van der Waals surface area contributed by atoms with Crippen LogP contribution in [-0.4, -0.2) is 31.2 Å². The molecule has 0 saturated heterocycles. The first kappa shape index (κ1) is 27.1. The summed E-state index contributed by atoms with van der Waals surface area (Å²) in [5.41, 5.74) is 0.801. The molecule has 0 aliphatic carbocycles. The Morgan fingerprint density at radius 1 is 0.848 bits per heavy atom. The number of nitrogens with one attached hydrogen (secondary N) is 1. The largest absolute Gasteiger partial charge is 0.444 e. The molecule has 0 unspecified atom stereocenters. The number of benzene rings is 2. The van der Waals surface area contributed by atoms with E-state index >= 15 is 0 Å². The lowest BCUT2D eigenvalue weighted by atomic mass is 9.95. The minimum absolute atomic E-state index is 0.153. The quantitative estimate of drug-likeness (QED) is 0.370. The maximum Gasteiger partial charge on any atom is 0.407 e. The molecule has 0 bridgehead atoms. The fourth-order valence-corrected chi connectivity index (χ4v) is 3.95. The highest BCUT2D eigenvalue weighted by atomic mass is 31.2. The van der Waals surface area contributed by atoms with Crippen LogP contribution in [0.4, 0.5) is 4.79 Å². The van der Waals surface area contributed by atoms with Crippen LogP contribution >= 0.6 is 7.60 Å². The van der Waals surface area contributed by atoms with Gasteiger partial charge in [-0.15, -0.1) is 0 Å². The number of alkyl carbamates (subject to hydrolysis) is 1. The van der Waals surface area contributed by atoms with E-state index in [1.807, 2.05) is 95.3 Å². The number of rotatable bonds is 12. The second kappa shape index (κ2) is 12.3. The molecule has 0 aliphatic heterocycles. The van der Waals surface area contributed by atoms with Gasteiger partial charge in [0.1, 0.15) is 11.9 Å². The Labute approximate surface area is 197 Å². The summed E-state index contributed by atoms with van der Waals surface area (Å²) in [6.45, 7) is 10.2. The van der Waals surface area contributed by atoms with E-state index in [0.29, 0.717) is 6.54 Å². The van der Waals surface area contributed by atoms with Crippen LogP contribution in [0.3, 0.4) is 0 Å². The van der Waals surface area contributed by atoms with E-state index in [0.717, 1.165) is 11.1 Å². The number of carbonyl (C=O) groups is 1. The van der Waals surface area contributed by atoms with Gasteiger partial charge in [-0.25, -0.2) is 4.79 Å². The van der Waals surface area contributed by atoms with Crippen molar-refractivity contribution in [3.63, 3.8) is 0 Å². The zero-order valence-corrected chi connectivity index (χ0v) is 21.1. The molecule has 2 aromatic carbocycles. The molecule has 2 rings (SSSR count). The van der Waals surface area contributed by atoms with Crippen molar-refractivity contribution < 1.29 is 27.9 Å². The van der Waals surface area contributed by atoms with Crippen molar-refractivity contribution in [3.05, 3.63) is 71.8 Å². The van der Waals surface area contributed by atoms with E-state index in [9.17, 15) is 9.36 Å². The van der Waals surface area contributed by atoms with Gasteiger partial charge in [0.15, 0.2) is 0 Å². The first-order valence-electron chi connectivity index (χ1n) is 11.0. The van der Waals surface area contributed by atoms with E-state index < -0.39 is 24.7 Å². The molecule has 0 heterocycles. The van der Waals surface area contributed by atoms with Crippen molar-refractivity contribution in [2.75, 3.05) is 19.5 Å². The molecule has 0 aliphatic rings. The second-order valence-electron chi connectivity index (χ2n) is 9.63. The van der Waals surface area contributed by atoms with Gasteiger partial charge < -0.3 is 23.8 Å². The van der Waals surface area contributed by atoms with Crippen LogP contribution < -0.4 is 5.32 Å². The van der Waals surface area contributed by atoms with Gasteiger partial charge in [-0.3, -0.25) is 4.57 Å². The predicted molar refractivity (Wildman–Crippen MR) is 129 cm³/mol. The summed E-state index contributed by atoms with van der Waals surface area (Å²) >= 11 is 0. The summed E-state index contributed by atoms with van der Waals surface area (Å²) in [6, 6.07) is 19.0. The Morgan fingerprint density at radius 3 is 1.79 bits per heavy atom. The number of hydrogen-bond donors (Lipinski definition) is 1. The zero-order chi connectivity index (χ0) is 24.4. The van der Waals surface area contributed by atoms with Crippen molar-refractivity contribution in [2.45, 2.75) is 53.4 Å². The van der Waals surface area contributed by atoms with Crippen LogP contribution in [0.1, 0.15) is 45.7 Å². The van der Waals surface area contributed by atoms with E-state index in [1.54, 1.807) is 0 Å². The molecule has 0 atom stereocenters. The standard InChI is InChI=1S/C25H36NO6P/c1-24(2,3)32-23(27)26-18-25(4,5)19-29-20-33(28,30-16-21-12-8-6-9-13-21)31-17-22-14-10-7-11-15-22/h6-15H,16-20H2,1-5H3,(H,26,27). The summed E-state index contributed by atoms with van der Waals surface area (Å²) < 4.78 is 35.9. The molecule has 1 N–H and O–H groups in total. The first-order valence-corrected chi connectivity index (χ1v) is 12.7. The number of ether oxygens (including phenoxy) is 2. The lowest BCUT2D eigenvalue weighted by Gasteiger charge is -2.27. The molecule has 0 spiro atoms. The van der Waals surface area contributed by atoms with Crippen molar-refractivity contribution in [3.8, 4) is 0 Å². The first-order chi connectivity index (χ1) is 15.5. The molecule has 182 valence electrons. The van der Waals surface area contributed by atoms with Crippen molar-refractivity contribution >= 4 is 13.7 Å². The molecule has 1 amide bonds. The minimum Gasteiger partial charge on any atom is -0.444 e. The average Bonchev–Trinajstić information content (AvgIpc) is 2.75. The molecule has 0 fully saturated rings. The summed E-state index contributed by atoms with van der Waals surface area (Å²) in [6.07, 6.45) is -0.679. The monoisotopic (exact) mass is 477 g/mol. The van der Waals surface area contributed by atoms with E-state index in [2.05, 4.69) is 5.32 Å². The molecule has 33 heavy (non-hydrogen) atoms. The van der Waals surface area contributed by atoms with Crippen molar-refractivity contribution in [1.29, 1.82) is 0 Å². The third-order valence-corrected chi connectivity index (χ3v) is 5.94. The Balaban J connectivity index is 1.91. The maximum atomic E-state index is 13.4. The SMILES string of the molecule is CC(C)(CNC(=O)OC(C)(C)C)COCP(=O)(OCc1ccccc1)OCc1ccccc1. The average molecular weight is 478 g/mol. The van der Waals surface area contributed by atoms with Crippen LogP contribution in [0.2, 0.25) is 0 Å². The molecule has 0 saturated carbocycles. The highest BCUT2D eigenvalue weighted by molar-refractivity contribution is 7.53. The van der Waals surface area contributed by atoms with Gasteiger partial charge in [-0.1, -0.05) is 74.5 Å². The topological polar surface area (TPSA) is 83.1 Å². The van der Waals surface area contributed by atoms with E-state index in [1.165, 1.54) is 0 Å². The number of hydrogen-bond acceptors (Lipinski definition) is 6. The van der Waals surface area contributed by atoms with Gasteiger partial charge in [-0.2, -0.15) is 0 Å². The Kier molecular flexibility index (Phi) is 10.1. The molecule has 8 heteroatoms. The molecular weight excluding hydrogens is 441 g/mol. The van der Waals surface area contributed by atoms with E-state index in [-0.39, 0.29) is 26.2 Å². The Hall–Kier alpha value is -2.18. The third-order valence-electron chi connectivity index (χ3n) is 4.39. The van der Waals surface area contributed by atoms with Crippen molar-refractivity contribution in [2.24, 2.45) is 5.41 Å². The minimum atomic E-state index is -3.54. The predicted octanol–water partition coefficient (Wildman–Crippen LogP) is 6.14. The summed E-state index contributed by atoms with van der Waals surface area (Å²) in [7, 11) is -3.54. The molecule has 0 aromatic heterocycles. The second-order valence-corrected chi connectivity index (χ2v) is 11.6. The lowest BCUT2D eigenvalue weighted by molar-refractivity contribution is 0.0428. The summed E-state index contributed by atoms with van der Waals surface area (Å²) in [5, 5.41) is 2.75. The zero-order valence-electron chi connectivity index (χ0n) is 20.2. The van der Waals surface area contributed by atoms with Gasteiger partial charge in [0, 0.05) is 12.0 Å². The maximum absolute atomic E-state index is 13.4. The Bertz CT molecular complexity index is 849. The van der Waals surface area contributed by atoms with Gasteiger partial charge in [-0.05, 0) is 31.9 Å². The molecule has 2 aromatic rings. The van der Waals surface area contributed by atoms with Crippen LogP contribution in [-0.2, 0) is 36.3 Å². The third kappa shape index (κ3) is 11.5.